The second-order valence-electron chi connectivity index (χ2n) is 2.75. The highest BCUT2D eigenvalue weighted by Crippen LogP contribution is 2.36. The van der Waals surface area contributed by atoms with Gasteiger partial charge in [0.2, 0.25) is 0 Å². The van der Waals surface area contributed by atoms with Gasteiger partial charge in [-0.15, -0.1) is 0 Å². The van der Waals surface area contributed by atoms with E-state index in [9.17, 15) is 23.3 Å². The van der Waals surface area contributed by atoms with Gasteiger partial charge in [-0.05, 0) is 6.07 Å². The van der Waals surface area contributed by atoms with Crippen LogP contribution in [0.25, 0.3) is 5.57 Å². The molecule has 0 fully saturated rings. The number of halogens is 3. The fourth-order valence-corrected chi connectivity index (χ4v) is 1.04. The maximum Gasteiger partial charge on any atom is 0.416 e. The molecule has 0 bridgehead atoms. The van der Waals surface area contributed by atoms with Gasteiger partial charge in [0.05, 0.1) is 16.1 Å². The van der Waals surface area contributed by atoms with Crippen molar-refractivity contribution < 1.29 is 18.1 Å². The molecule has 0 amide bonds. The van der Waals surface area contributed by atoms with E-state index in [1.807, 2.05) is 0 Å². The van der Waals surface area contributed by atoms with E-state index >= 15 is 0 Å². The molecule has 15 heavy (non-hydrogen) atoms. The van der Waals surface area contributed by atoms with E-state index < -0.39 is 27.9 Å². The third kappa shape index (κ3) is 2.34. The van der Waals surface area contributed by atoms with Gasteiger partial charge in [-0.3, -0.25) is 10.1 Å². The van der Waals surface area contributed by atoms with Gasteiger partial charge in [0.25, 0.3) is 5.69 Å². The average Bonchev–Trinajstić information content (AvgIpc) is 2.15. The first-order valence-corrected chi connectivity index (χ1v) is 3.84. The molecule has 0 spiro atoms. The third-order valence-electron chi connectivity index (χ3n) is 1.77. The number of alkyl halides is 3. The zero-order valence-electron chi connectivity index (χ0n) is 7.41. The second kappa shape index (κ2) is 3.72. The van der Waals surface area contributed by atoms with Gasteiger partial charge in [0, 0.05) is 6.07 Å². The van der Waals surface area contributed by atoms with E-state index in [4.69, 9.17) is 0 Å². The summed E-state index contributed by atoms with van der Waals surface area (Å²) in [6.45, 7) is 2.81. The Bertz CT molecular complexity index is 412. The van der Waals surface area contributed by atoms with Crippen LogP contribution >= 0.6 is 0 Å². The molecule has 1 aromatic rings. The van der Waals surface area contributed by atoms with Crippen molar-refractivity contribution in [3.8, 4) is 0 Å². The molecule has 3 nitrogen and oxygen atoms in total. The van der Waals surface area contributed by atoms with Crippen LogP contribution in [-0.2, 0) is 0 Å². The lowest BCUT2D eigenvalue weighted by atomic mass is 10.1. The van der Waals surface area contributed by atoms with Crippen LogP contribution in [0.5, 0.6) is 0 Å². The van der Waals surface area contributed by atoms with E-state index in [1.165, 1.54) is 12.1 Å². The number of benzene rings is 1. The minimum Gasteiger partial charge on any atom is -0.258 e. The van der Waals surface area contributed by atoms with Gasteiger partial charge in [-0.25, -0.2) is 0 Å². The van der Waals surface area contributed by atoms with Crippen molar-refractivity contribution in [1.29, 1.82) is 0 Å². The van der Waals surface area contributed by atoms with Crippen LogP contribution in [0.4, 0.5) is 18.9 Å². The molecular formula is C9H6F3NO2. The Morgan fingerprint density at radius 1 is 1.33 bits per heavy atom. The van der Waals surface area contributed by atoms with Crippen LogP contribution in [0.3, 0.4) is 0 Å². The van der Waals surface area contributed by atoms with E-state index in [0.717, 1.165) is 12.1 Å². The maximum atomic E-state index is 12.3. The van der Waals surface area contributed by atoms with Crippen molar-refractivity contribution in [2.45, 2.75) is 6.18 Å². The van der Waals surface area contributed by atoms with Crippen molar-refractivity contribution in [1.82, 2.24) is 0 Å². The molecule has 0 aromatic heterocycles. The second-order valence-corrected chi connectivity index (χ2v) is 2.75. The van der Waals surface area contributed by atoms with Crippen molar-refractivity contribution >= 4 is 11.3 Å². The quantitative estimate of drug-likeness (QED) is 0.564. The Morgan fingerprint density at radius 3 is 2.33 bits per heavy atom. The van der Waals surface area contributed by atoms with E-state index in [1.54, 1.807) is 0 Å². The summed E-state index contributed by atoms with van der Waals surface area (Å²) < 4.78 is 36.8. The van der Waals surface area contributed by atoms with Crippen molar-refractivity contribution in [2.24, 2.45) is 0 Å². The predicted octanol–water partition coefficient (Wildman–Crippen LogP) is 3.17. The molecule has 0 aliphatic rings. The summed E-state index contributed by atoms with van der Waals surface area (Å²) in [7, 11) is 0. The standard InChI is InChI=1S/C9H6F3NO2/c1-6(9(10,11)12)7-4-2-3-5-8(7)13(14)15/h2-5H,1H2. The van der Waals surface area contributed by atoms with Crippen LogP contribution in [0, 0.1) is 10.1 Å². The van der Waals surface area contributed by atoms with Crippen molar-refractivity contribution in [3.05, 3.63) is 46.5 Å². The zero-order chi connectivity index (χ0) is 11.6. The number of hydrogen-bond acceptors (Lipinski definition) is 2. The summed E-state index contributed by atoms with van der Waals surface area (Å²) in [4.78, 5) is 9.58. The van der Waals surface area contributed by atoms with E-state index in [0.29, 0.717) is 0 Å². The number of allylic oxidation sites excluding steroid dienone is 1. The molecule has 0 aliphatic heterocycles. The lowest BCUT2D eigenvalue weighted by Crippen LogP contribution is -2.10. The molecule has 0 heterocycles. The van der Waals surface area contributed by atoms with Gasteiger partial charge in [-0.2, -0.15) is 13.2 Å². The molecule has 6 heteroatoms. The fraction of sp³-hybridized carbons (Fsp3) is 0.111. The van der Waals surface area contributed by atoms with Gasteiger partial charge >= 0.3 is 6.18 Å². The predicted molar refractivity (Wildman–Crippen MR) is 48.2 cm³/mol. The van der Waals surface area contributed by atoms with Crippen LogP contribution in [-0.4, -0.2) is 11.1 Å². The molecule has 0 radical (unpaired) electrons. The highest BCUT2D eigenvalue weighted by atomic mass is 19.4. The number of nitrogens with zero attached hydrogens (tertiary/aromatic N) is 1. The molecular weight excluding hydrogens is 211 g/mol. The summed E-state index contributed by atoms with van der Waals surface area (Å²) in [5, 5.41) is 10.5. The average molecular weight is 217 g/mol. The lowest BCUT2D eigenvalue weighted by Gasteiger charge is -2.09. The molecule has 1 aromatic carbocycles. The van der Waals surface area contributed by atoms with Crippen LogP contribution < -0.4 is 0 Å². The summed E-state index contributed by atoms with van der Waals surface area (Å²) in [6, 6.07) is 4.62. The minimum absolute atomic E-state index is 0.505. The molecule has 80 valence electrons. The highest BCUT2D eigenvalue weighted by molar-refractivity contribution is 5.74. The number of nitro groups is 1. The third-order valence-corrected chi connectivity index (χ3v) is 1.77. The topological polar surface area (TPSA) is 43.1 Å². The highest BCUT2D eigenvalue weighted by Gasteiger charge is 2.36. The first kappa shape index (κ1) is 11.2. The Balaban J connectivity index is 3.26. The van der Waals surface area contributed by atoms with Gasteiger partial charge < -0.3 is 0 Å². The van der Waals surface area contributed by atoms with Crippen LogP contribution in [0.15, 0.2) is 30.8 Å². The normalized spacial score (nSPS) is 11.1. The fourth-order valence-electron chi connectivity index (χ4n) is 1.04. The minimum atomic E-state index is -4.66. The molecule has 1 rings (SSSR count). The smallest absolute Gasteiger partial charge is 0.258 e. The summed E-state index contributed by atoms with van der Waals surface area (Å²) >= 11 is 0. The number of para-hydroxylation sites is 1. The number of rotatable bonds is 2. The van der Waals surface area contributed by atoms with Crippen LogP contribution in [0.2, 0.25) is 0 Å². The van der Waals surface area contributed by atoms with Crippen molar-refractivity contribution in [3.63, 3.8) is 0 Å². The van der Waals surface area contributed by atoms with Gasteiger partial charge in [0.1, 0.15) is 0 Å². The van der Waals surface area contributed by atoms with E-state index in [2.05, 4.69) is 6.58 Å². The number of nitro benzene ring substituents is 1. The Labute approximate surface area is 83.0 Å². The molecule has 0 saturated heterocycles. The zero-order valence-corrected chi connectivity index (χ0v) is 7.41. The Morgan fingerprint density at radius 2 is 1.87 bits per heavy atom. The first-order valence-electron chi connectivity index (χ1n) is 3.84. The first-order chi connectivity index (χ1) is 6.84. The molecule has 0 atom stereocenters. The van der Waals surface area contributed by atoms with Crippen LogP contribution in [0.1, 0.15) is 5.56 Å². The lowest BCUT2D eigenvalue weighted by molar-refractivity contribution is -0.385. The summed E-state index contributed by atoms with van der Waals surface area (Å²) in [6.07, 6.45) is -4.66. The SMILES string of the molecule is C=C(c1ccccc1[N+](=O)[O-])C(F)(F)F. The van der Waals surface area contributed by atoms with Gasteiger partial charge in [-0.1, -0.05) is 18.7 Å². The molecule has 0 saturated carbocycles. The van der Waals surface area contributed by atoms with Gasteiger partial charge in [0.15, 0.2) is 0 Å². The molecule has 0 N–H and O–H groups in total. The largest absolute Gasteiger partial charge is 0.416 e. The number of hydrogen-bond donors (Lipinski definition) is 0. The Hall–Kier alpha value is -1.85. The van der Waals surface area contributed by atoms with E-state index in [-0.39, 0.29) is 0 Å². The Kier molecular flexibility index (Phi) is 2.78. The molecule has 0 aliphatic carbocycles. The van der Waals surface area contributed by atoms with Crippen molar-refractivity contribution in [2.75, 3.05) is 0 Å². The summed E-state index contributed by atoms with van der Waals surface area (Å²) in [5.74, 6) is 0. The molecule has 0 unspecified atom stereocenters. The monoisotopic (exact) mass is 217 g/mol. The maximum absolute atomic E-state index is 12.3. The summed E-state index contributed by atoms with van der Waals surface area (Å²) in [5.41, 5.74) is -2.32.